The Hall–Kier alpha value is -2.42. The Kier molecular flexibility index (Phi) is 2.27. The van der Waals surface area contributed by atoms with Gasteiger partial charge in [-0.1, -0.05) is 24.3 Å². The van der Waals surface area contributed by atoms with E-state index in [-0.39, 0.29) is 5.56 Å². The quantitative estimate of drug-likeness (QED) is 0.482. The fraction of sp³-hybridized carbons (Fsp3) is 0.0667. The van der Waals surface area contributed by atoms with Gasteiger partial charge in [-0.05, 0) is 22.9 Å². The maximum Gasteiger partial charge on any atom is 0.251 e. The van der Waals surface area contributed by atoms with Crippen LogP contribution < -0.4 is 5.56 Å². The Balaban J connectivity index is 2.60. The molecule has 3 rings (SSSR count). The van der Waals surface area contributed by atoms with Gasteiger partial charge in [0.1, 0.15) is 0 Å². The Morgan fingerprint density at radius 1 is 1.06 bits per heavy atom. The lowest BCUT2D eigenvalue weighted by Gasteiger charge is -2.08. The molecule has 1 heterocycles. The zero-order valence-corrected chi connectivity index (χ0v) is 9.88. The van der Waals surface area contributed by atoms with Crippen LogP contribution in [0, 0.1) is 0 Å². The first kappa shape index (κ1) is 10.7. The molecule has 0 fully saturated rings. The van der Waals surface area contributed by atoms with E-state index < -0.39 is 0 Å². The number of aryl methyl sites for hydroxylation is 1. The highest BCUT2D eigenvalue weighted by Gasteiger charge is 2.07. The standard InChI is InChI=1S/C15H11NO2/c1-16-14-7-11-5-3-2-4-10(11)6-13(14)12(9-17)8-15(16)18/h2-9H,1H3. The molecular formula is C15H11NO2. The van der Waals surface area contributed by atoms with Gasteiger partial charge in [-0.2, -0.15) is 0 Å². The van der Waals surface area contributed by atoms with Crippen LogP contribution in [0.1, 0.15) is 10.4 Å². The van der Waals surface area contributed by atoms with Gasteiger partial charge in [-0.25, -0.2) is 0 Å². The molecule has 3 heteroatoms. The molecule has 0 radical (unpaired) electrons. The van der Waals surface area contributed by atoms with E-state index in [1.165, 1.54) is 6.07 Å². The number of hydrogen-bond acceptors (Lipinski definition) is 2. The minimum absolute atomic E-state index is 0.167. The molecule has 3 nitrogen and oxygen atoms in total. The monoisotopic (exact) mass is 237 g/mol. The fourth-order valence-corrected chi connectivity index (χ4v) is 2.26. The average Bonchev–Trinajstić information content (AvgIpc) is 2.41. The highest BCUT2D eigenvalue weighted by atomic mass is 16.1. The van der Waals surface area contributed by atoms with Crippen molar-refractivity contribution < 1.29 is 4.79 Å². The van der Waals surface area contributed by atoms with Gasteiger partial charge < -0.3 is 4.57 Å². The minimum Gasteiger partial charge on any atom is -0.311 e. The molecule has 0 N–H and O–H groups in total. The van der Waals surface area contributed by atoms with Gasteiger partial charge in [0.2, 0.25) is 0 Å². The van der Waals surface area contributed by atoms with Crippen molar-refractivity contribution in [2.75, 3.05) is 0 Å². The summed E-state index contributed by atoms with van der Waals surface area (Å²) in [6.45, 7) is 0. The van der Waals surface area contributed by atoms with Crippen molar-refractivity contribution in [2.24, 2.45) is 7.05 Å². The summed E-state index contributed by atoms with van der Waals surface area (Å²) in [6.07, 6.45) is 0.735. The van der Waals surface area contributed by atoms with E-state index in [1.54, 1.807) is 11.6 Å². The SMILES string of the molecule is Cn1c(=O)cc(C=O)c2cc3ccccc3cc21. The number of aromatic nitrogens is 1. The third-order valence-corrected chi connectivity index (χ3v) is 3.27. The Bertz CT molecular complexity index is 831. The van der Waals surface area contributed by atoms with Crippen molar-refractivity contribution in [3.8, 4) is 0 Å². The second kappa shape index (κ2) is 3.81. The van der Waals surface area contributed by atoms with Crippen molar-refractivity contribution in [2.45, 2.75) is 0 Å². The van der Waals surface area contributed by atoms with E-state index in [4.69, 9.17) is 0 Å². The first-order valence-electron chi connectivity index (χ1n) is 5.68. The summed E-state index contributed by atoms with van der Waals surface area (Å²) in [5, 5.41) is 2.93. The maximum absolute atomic E-state index is 11.8. The molecule has 1 aromatic heterocycles. The number of nitrogens with zero attached hydrogens (tertiary/aromatic N) is 1. The molecule has 0 atom stereocenters. The predicted molar refractivity (Wildman–Crippen MR) is 72.1 cm³/mol. The molecule has 0 amide bonds. The van der Waals surface area contributed by atoms with Crippen molar-refractivity contribution in [1.82, 2.24) is 4.57 Å². The number of aldehydes is 1. The van der Waals surface area contributed by atoms with Crippen LogP contribution >= 0.6 is 0 Å². The van der Waals surface area contributed by atoms with E-state index in [0.29, 0.717) is 5.56 Å². The maximum atomic E-state index is 11.8. The minimum atomic E-state index is -0.167. The average molecular weight is 237 g/mol. The van der Waals surface area contributed by atoms with Crippen LogP contribution in [0.3, 0.4) is 0 Å². The van der Waals surface area contributed by atoms with Crippen LogP contribution in [-0.2, 0) is 7.05 Å². The number of carbonyl (C=O) groups is 1. The smallest absolute Gasteiger partial charge is 0.251 e. The third-order valence-electron chi connectivity index (χ3n) is 3.27. The molecule has 0 aliphatic carbocycles. The van der Waals surface area contributed by atoms with Crippen molar-refractivity contribution in [3.63, 3.8) is 0 Å². The summed E-state index contributed by atoms with van der Waals surface area (Å²) in [5.74, 6) is 0. The summed E-state index contributed by atoms with van der Waals surface area (Å²) >= 11 is 0. The molecule has 2 aromatic carbocycles. The van der Waals surface area contributed by atoms with Gasteiger partial charge in [0, 0.05) is 24.1 Å². The first-order valence-corrected chi connectivity index (χ1v) is 5.68. The summed E-state index contributed by atoms with van der Waals surface area (Å²) < 4.78 is 1.56. The lowest BCUT2D eigenvalue weighted by molar-refractivity contribution is 0.112. The number of benzene rings is 2. The second-order valence-electron chi connectivity index (χ2n) is 4.33. The molecule has 3 aromatic rings. The van der Waals surface area contributed by atoms with Crippen molar-refractivity contribution in [3.05, 3.63) is 58.4 Å². The highest BCUT2D eigenvalue weighted by Crippen LogP contribution is 2.23. The van der Waals surface area contributed by atoms with Gasteiger partial charge >= 0.3 is 0 Å². The fourth-order valence-electron chi connectivity index (χ4n) is 2.26. The summed E-state index contributed by atoms with van der Waals surface area (Å²) in [7, 11) is 1.72. The molecular weight excluding hydrogens is 226 g/mol. The summed E-state index contributed by atoms with van der Waals surface area (Å²) in [4.78, 5) is 22.8. The molecule has 0 aliphatic heterocycles. The molecule has 0 saturated heterocycles. The molecule has 0 spiro atoms. The van der Waals surface area contributed by atoms with E-state index in [0.717, 1.165) is 28.0 Å². The Morgan fingerprint density at radius 3 is 2.39 bits per heavy atom. The van der Waals surface area contributed by atoms with Crippen LogP contribution in [0.2, 0.25) is 0 Å². The Morgan fingerprint density at radius 2 is 1.72 bits per heavy atom. The zero-order valence-electron chi connectivity index (χ0n) is 9.88. The second-order valence-corrected chi connectivity index (χ2v) is 4.33. The number of carbonyl (C=O) groups excluding carboxylic acids is 1. The topological polar surface area (TPSA) is 39.1 Å². The van der Waals surface area contributed by atoms with Crippen molar-refractivity contribution >= 4 is 28.0 Å². The van der Waals surface area contributed by atoms with Gasteiger partial charge in [0.05, 0.1) is 5.52 Å². The van der Waals surface area contributed by atoms with Gasteiger partial charge in [0.25, 0.3) is 5.56 Å². The molecule has 88 valence electrons. The lowest BCUT2D eigenvalue weighted by atomic mass is 10.0. The molecule has 0 unspecified atom stereocenters. The van der Waals surface area contributed by atoms with E-state index in [9.17, 15) is 9.59 Å². The van der Waals surface area contributed by atoms with Gasteiger partial charge in [0.15, 0.2) is 6.29 Å². The Labute approximate surface area is 103 Å². The summed E-state index contributed by atoms with van der Waals surface area (Å²) in [6, 6.07) is 13.2. The van der Waals surface area contributed by atoms with Gasteiger partial charge in [-0.15, -0.1) is 0 Å². The zero-order chi connectivity index (χ0) is 12.7. The van der Waals surface area contributed by atoms with Gasteiger partial charge in [-0.3, -0.25) is 9.59 Å². The van der Waals surface area contributed by atoms with Crippen LogP contribution in [0.25, 0.3) is 21.7 Å². The number of fused-ring (bicyclic) bond motifs is 2. The van der Waals surface area contributed by atoms with E-state index in [2.05, 4.69) is 0 Å². The first-order chi connectivity index (χ1) is 8.70. The van der Waals surface area contributed by atoms with Crippen molar-refractivity contribution in [1.29, 1.82) is 0 Å². The number of rotatable bonds is 1. The molecule has 0 bridgehead atoms. The predicted octanol–water partition coefficient (Wildman–Crippen LogP) is 2.50. The van der Waals surface area contributed by atoms with Crippen LogP contribution in [0.5, 0.6) is 0 Å². The van der Waals surface area contributed by atoms with E-state index in [1.807, 2.05) is 36.4 Å². The largest absolute Gasteiger partial charge is 0.311 e. The van der Waals surface area contributed by atoms with Crippen LogP contribution in [0.4, 0.5) is 0 Å². The molecule has 0 saturated carbocycles. The van der Waals surface area contributed by atoms with Crippen LogP contribution in [0.15, 0.2) is 47.3 Å². The highest BCUT2D eigenvalue weighted by molar-refractivity contribution is 6.03. The number of pyridine rings is 1. The normalized spacial score (nSPS) is 10.9. The molecule has 18 heavy (non-hydrogen) atoms. The van der Waals surface area contributed by atoms with E-state index >= 15 is 0 Å². The third kappa shape index (κ3) is 1.44. The summed E-state index contributed by atoms with van der Waals surface area (Å²) in [5.41, 5.74) is 1.06. The lowest BCUT2D eigenvalue weighted by Crippen LogP contribution is -2.17. The number of hydrogen-bond donors (Lipinski definition) is 0. The van der Waals surface area contributed by atoms with Crippen LogP contribution in [-0.4, -0.2) is 10.9 Å². The molecule has 0 aliphatic rings.